The van der Waals surface area contributed by atoms with Crippen LogP contribution < -0.4 is 9.47 Å². The van der Waals surface area contributed by atoms with E-state index in [1.807, 2.05) is 30.3 Å². The van der Waals surface area contributed by atoms with Gasteiger partial charge in [-0.15, -0.1) is 0 Å². The molecular formula is C25H34N2O2. The van der Waals surface area contributed by atoms with Gasteiger partial charge in [-0.25, -0.2) is 0 Å². The number of hydrogen-bond donors (Lipinski definition) is 0. The fourth-order valence-electron chi connectivity index (χ4n) is 3.80. The maximum Gasteiger partial charge on any atom is 0.119 e. The zero-order valence-corrected chi connectivity index (χ0v) is 18.4. The number of ether oxygens (including phenoxy) is 2. The molecule has 1 atom stereocenters. The van der Waals surface area contributed by atoms with Crippen LogP contribution >= 0.6 is 0 Å². The molecule has 0 amide bonds. The van der Waals surface area contributed by atoms with E-state index in [-0.39, 0.29) is 5.92 Å². The number of hydrogen-bond acceptors (Lipinski definition) is 4. The van der Waals surface area contributed by atoms with Gasteiger partial charge in [0.25, 0.3) is 0 Å². The van der Waals surface area contributed by atoms with Gasteiger partial charge in [-0.3, -0.25) is 0 Å². The third-order valence-corrected chi connectivity index (χ3v) is 5.80. The maximum atomic E-state index is 10.1. The summed E-state index contributed by atoms with van der Waals surface area (Å²) < 4.78 is 10.7. The molecule has 0 saturated carbocycles. The van der Waals surface area contributed by atoms with Gasteiger partial charge >= 0.3 is 0 Å². The Hall–Kier alpha value is -2.51. The van der Waals surface area contributed by atoms with Crippen molar-refractivity contribution in [1.82, 2.24) is 4.90 Å². The summed E-state index contributed by atoms with van der Waals surface area (Å²) in [5.41, 5.74) is 1.83. The van der Waals surface area contributed by atoms with E-state index in [1.165, 1.54) is 5.56 Å². The first-order valence-electron chi connectivity index (χ1n) is 10.3. The minimum absolute atomic E-state index is 0.224. The number of nitriles is 1. The first kappa shape index (κ1) is 22.8. The second-order valence-electron chi connectivity index (χ2n) is 7.98. The van der Waals surface area contributed by atoms with E-state index in [1.54, 1.807) is 14.2 Å². The second-order valence-corrected chi connectivity index (χ2v) is 7.98. The third kappa shape index (κ3) is 5.98. The SMILES string of the molecule is COc1cccc(CCN(C)CCCC(C#N)(c2cccc(OC)c2)C(C)C)c1. The maximum absolute atomic E-state index is 10.1. The van der Waals surface area contributed by atoms with Crippen LogP contribution in [0.1, 0.15) is 37.8 Å². The van der Waals surface area contributed by atoms with Gasteiger partial charge in [0.15, 0.2) is 0 Å². The molecule has 1 unspecified atom stereocenters. The van der Waals surface area contributed by atoms with E-state index in [9.17, 15) is 5.26 Å². The molecule has 0 fully saturated rings. The van der Waals surface area contributed by atoms with Crippen molar-refractivity contribution in [1.29, 1.82) is 5.26 Å². The van der Waals surface area contributed by atoms with Gasteiger partial charge in [-0.2, -0.15) is 5.26 Å². The summed E-state index contributed by atoms with van der Waals surface area (Å²) in [6.45, 7) is 6.21. The number of rotatable bonds is 11. The van der Waals surface area contributed by atoms with E-state index in [0.29, 0.717) is 0 Å². The molecule has 2 rings (SSSR count). The number of nitrogens with zero attached hydrogens (tertiary/aromatic N) is 2. The van der Waals surface area contributed by atoms with E-state index in [0.717, 1.165) is 49.4 Å². The second kappa shape index (κ2) is 10.9. The molecule has 4 nitrogen and oxygen atoms in total. The molecule has 156 valence electrons. The highest BCUT2D eigenvalue weighted by molar-refractivity contribution is 5.39. The van der Waals surface area contributed by atoms with Gasteiger partial charge in [-0.05, 0) is 74.2 Å². The Labute approximate surface area is 176 Å². The van der Waals surface area contributed by atoms with Crippen LogP contribution in [0.5, 0.6) is 11.5 Å². The smallest absolute Gasteiger partial charge is 0.119 e. The molecule has 0 heterocycles. The van der Waals surface area contributed by atoms with Crippen molar-refractivity contribution in [3.8, 4) is 17.6 Å². The summed E-state index contributed by atoms with van der Waals surface area (Å²) in [5.74, 6) is 1.93. The topological polar surface area (TPSA) is 45.5 Å². The molecule has 29 heavy (non-hydrogen) atoms. The van der Waals surface area contributed by atoms with Gasteiger partial charge < -0.3 is 14.4 Å². The lowest BCUT2D eigenvalue weighted by atomic mass is 9.70. The van der Waals surface area contributed by atoms with E-state index in [4.69, 9.17) is 9.47 Å². The highest BCUT2D eigenvalue weighted by atomic mass is 16.5. The van der Waals surface area contributed by atoms with Crippen LogP contribution in [0.3, 0.4) is 0 Å². The molecule has 0 aromatic heterocycles. The van der Waals surface area contributed by atoms with Crippen LogP contribution in [0.25, 0.3) is 0 Å². The number of methoxy groups -OCH3 is 2. The van der Waals surface area contributed by atoms with Crippen molar-refractivity contribution in [3.63, 3.8) is 0 Å². The number of benzene rings is 2. The monoisotopic (exact) mass is 394 g/mol. The van der Waals surface area contributed by atoms with Crippen LogP contribution in [0.15, 0.2) is 48.5 Å². The normalized spacial score (nSPS) is 13.2. The molecule has 0 saturated heterocycles. The first-order chi connectivity index (χ1) is 13.9. The van der Waals surface area contributed by atoms with Crippen molar-refractivity contribution in [2.24, 2.45) is 5.92 Å². The fraction of sp³-hybridized carbons (Fsp3) is 0.480. The Balaban J connectivity index is 1.96. The largest absolute Gasteiger partial charge is 0.497 e. The van der Waals surface area contributed by atoms with E-state index in [2.05, 4.69) is 50.1 Å². The van der Waals surface area contributed by atoms with E-state index < -0.39 is 5.41 Å². The Kier molecular flexibility index (Phi) is 8.54. The molecule has 2 aromatic rings. The average Bonchev–Trinajstić information content (AvgIpc) is 2.75. The summed E-state index contributed by atoms with van der Waals surface area (Å²) in [4.78, 5) is 2.34. The summed E-state index contributed by atoms with van der Waals surface area (Å²) in [5, 5.41) is 10.1. The Bertz CT molecular complexity index is 812. The lowest BCUT2D eigenvalue weighted by Crippen LogP contribution is -2.32. The summed E-state index contributed by atoms with van der Waals surface area (Å²) in [6.07, 6.45) is 2.78. The molecule has 0 aliphatic heterocycles. The lowest BCUT2D eigenvalue weighted by molar-refractivity contribution is 0.293. The molecule has 2 aromatic carbocycles. The predicted molar refractivity (Wildman–Crippen MR) is 119 cm³/mol. The van der Waals surface area contributed by atoms with Crippen LogP contribution in [-0.2, 0) is 11.8 Å². The van der Waals surface area contributed by atoms with Crippen LogP contribution in [0.4, 0.5) is 0 Å². The molecule has 0 aliphatic carbocycles. The lowest BCUT2D eigenvalue weighted by Gasteiger charge is -2.32. The number of likely N-dealkylation sites (N-methyl/N-ethyl adjacent to an activating group) is 1. The minimum Gasteiger partial charge on any atom is -0.497 e. The third-order valence-electron chi connectivity index (χ3n) is 5.80. The van der Waals surface area contributed by atoms with Gasteiger partial charge in [0, 0.05) is 6.54 Å². The van der Waals surface area contributed by atoms with Gasteiger partial charge in [0.05, 0.1) is 25.7 Å². The van der Waals surface area contributed by atoms with Crippen molar-refractivity contribution >= 4 is 0 Å². The zero-order chi connectivity index (χ0) is 21.3. The standard InChI is InChI=1S/C25H34N2O2/c1-20(2)25(19-26,22-10-7-12-24(18-22)29-5)14-8-15-27(3)16-13-21-9-6-11-23(17-21)28-4/h6-7,9-12,17-18,20H,8,13-16H2,1-5H3. The van der Waals surface area contributed by atoms with Crippen molar-refractivity contribution < 1.29 is 9.47 Å². The van der Waals surface area contributed by atoms with Gasteiger partial charge in [-0.1, -0.05) is 38.1 Å². The van der Waals surface area contributed by atoms with Crippen LogP contribution in [0, 0.1) is 17.2 Å². The van der Waals surface area contributed by atoms with Gasteiger partial charge in [0.1, 0.15) is 11.5 Å². The summed E-state index contributed by atoms with van der Waals surface area (Å²) in [7, 11) is 5.51. The van der Waals surface area contributed by atoms with Crippen molar-refractivity contribution in [2.75, 3.05) is 34.4 Å². The molecule has 0 N–H and O–H groups in total. The molecule has 0 spiro atoms. The summed E-state index contributed by atoms with van der Waals surface area (Å²) >= 11 is 0. The quantitative estimate of drug-likeness (QED) is 0.533. The molecule has 0 bridgehead atoms. The molecular weight excluding hydrogens is 360 g/mol. The Morgan fingerprint density at radius 1 is 1.00 bits per heavy atom. The van der Waals surface area contributed by atoms with Crippen LogP contribution in [-0.4, -0.2) is 39.3 Å². The highest BCUT2D eigenvalue weighted by Crippen LogP contribution is 2.37. The van der Waals surface area contributed by atoms with Crippen molar-refractivity contribution in [2.45, 2.75) is 38.5 Å². The van der Waals surface area contributed by atoms with Crippen molar-refractivity contribution in [3.05, 3.63) is 59.7 Å². The minimum atomic E-state index is -0.498. The van der Waals surface area contributed by atoms with E-state index >= 15 is 0 Å². The molecule has 0 radical (unpaired) electrons. The molecule has 4 heteroatoms. The summed E-state index contributed by atoms with van der Waals surface area (Å²) in [6, 6.07) is 18.8. The average molecular weight is 395 g/mol. The fourth-order valence-corrected chi connectivity index (χ4v) is 3.80. The van der Waals surface area contributed by atoms with Crippen LogP contribution in [0.2, 0.25) is 0 Å². The predicted octanol–water partition coefficient (Wildman–Crippen LogP) is 5.08. The van der Waals surface area contributed by atoms with Gasteiger partial charge in [0.2, 0.25) is 0 Å². The Morgan fingerprint density at radius 2 is 1.66 bits per heavy atom. The highest BCUT2D eigenvalue weighted by Gasteiger charge is 2.35. The first-order valence-corrected chi connectivity index (χ1v) is 10.3. The molecule has 0 aliphatic rings. The Morgan fingerprint density at radius 3 is 2.28 bits per heavy atom. The zero-order valence-electron chi connectivity index (χ0n) is 18.4.